The normalized spacial score (nSPS) is 10.9. The zero-order valence-corrected chi connectivity index (χ0v) is 12.0. The van der Waals surface area contributed by atoms with Gasteiger partial charge >= 0.3 is 0 Å². The van der Waals surface area contributed by atoms with Crippen LogP contribution in [-0.4, -0.2) is 10.8 Å². The number of halogens is 5. The average molecular weight is 358 g/mol. The van der Waals surface area contributed by atoms with E-state index in [4.69, 9.17) is 0 Å². The first kappa shape index (κ1) is 18.0. The van der Waals surface area contributed by atoms with Gasteiger partial charge in [0.05, 0.1) is 4.92 Å². The molecule has 5 nitrogen and oxygen atoms in total. The second-order valence-corrected chi connectivity index (χ2v) is 4.62. The van der Waals surface area contributed by atoms with E-state index in [-0.39, 0.29) is 5.69 Å². The number of hydrogen-bond acceptors (Lipinski definition) is 3. The van der Waals surface area contributed by atoms with Gasteiger partial charge in [0.25, 0.3) is 5.69 Å². The molecular weight excluding hydrogens is 351 g/mol. The quantitative estimate of drug-likeness (QED) is 0.225. The maximum absolute atomic E-state index is 13.4. The van der Waals surface area contributed by atoms with Gasteiger partial charge in [0.1, 0.15) is 5.69 Å². The van der Waals surface area contributed by atoms with Crippen LogP contribution in [0.15, 0.2) is 30.3 Å². The highest BCUT2D eigenvalue weighted by Gasteiger charge is 2.26. The van der Waals surface area contributed by atoms with Crippen molar-refractivity contribution in [1.82, 2.24) is 0 Å². The molecule has 25 heavy (non-hydrogen) atoms. The standard InChI is InChI=1S/C15H7F5N2O3/c16-10-11(17)13(19)15(14(20)12(10)18)21-9(23)6-3-7-1-4-8(5-2-7)22(24)25/h1-6H,(H,21,23)/b6-3+. The first-order valence-corrected chi connectivity index (χ1v) is 6.47. The Morgan fingerprint density at radius 1 is 0.920 bits per heavy atom. The van der Waals surface area contributed by atoms with Gasteiger partial charge in [0, 0.05) is 18.2 Å². The molecule has 10 heteroatoms. The van der Waals surface area contributed by atoms with E-state index in [1.807, 2.05) is 0 Å². The molecule has 2 aromatic rings. The van der Waals surface area contributed by atoms with Crippen molar-refractivity contribution in [2.45, 2.75) is 0 Å². The Morgan fingerprint density at radius 2 is 1.40 bits per heavy atom. The Kier molecular flexibility index (Phi) is 5.11. The summed E-state index contributed by atoms with van der Waals surface area (Å²) >= 11 is 0. The molecule has 0 aliphatic heterocycles. The van der Waals surface area contributed by atoms with Crippen molar-refractivity contribution in [3.05, 3.63) is 75.1 Å². The van der Waals surface area contributed by atoms with E-state index in [1.165, 1.54) is 12.1 Å². The Hall–Kier alpha value is -3.30. The Balaban J connectivity index is 2.19. The lowest BCUT2D eigenvalue weighted by atomic mass is 10.2. The predicted molar refractivity (Wildman–Crippen MR) is 77.0 cm³/mol. The van der Waals surface area contributed by atoms with Gasteiger partial charge in [0.15, 0.2) is 23.3 Å². The maximum Gasteiger partial charge on any atom is 0.269 e. The van der Waals surface area contributed by atoms with E-state index in [1.54, 1.807) is 5.32 Å². The van der Waals surface area contributed by atoms with Crippen LogP contribution in [0.25, 0.3) is 6.08 Å². The molecule has 0 unspecified atom stereocenters. The summed E-state index contributed by atoms with van der Waals surface area (Å²) in [5.41, 5.74) is -1.34. The van der Waals surface area contributed by atoms with Crippen LogP contribution in [0, 0.1) is 39.2 Å². The van der Waals surface area contributed by atoms with Gasteiger partial charge in [-0.05, 0) is 23.8 Å². The molecule has 1 N–H and O–H groups in total. The minimum Gasteiger partial charge on any atom is -0.317 e. The van der Waals surface area contributed by atoms with E-state index in [0.717, 1.165) is 24.3 Å². The molecule has 0 radical (unpaired) electrons. The van der Waals surface area contributed by atoms with Crippen LogP contribution in [0.2, 0.25) is 0 Å². The van der Waals surface area contributed by atoms with Crippen LogP contribution in [-0.2, 0) is 4.79 Å². The molecule has 0 heterocycles. The number of nitro groups is 1. The van der Waals surface area contributed by atoms with Crippen molar-refractivity contribution in [3.8, 4) is 0 Å². The smallest absolute Gasteiger partial charge is 0.269 e. The van der Waals surface area contributed by atoms with E-state index < -0.39 is 45.6 Å². The molecule has 0 atom stereocenters. The topological polar surface area (TPSA) is 72.2 Å². The molecule has 0 aliphatic rings. The highest BCUT2D eigenvalue weighted by molar-refractivity contribution is 6.02. The van der Waals surface area contributed by atoms with Gasteiger partial charge in [-0.15, -0.1) is 0 Å². The first-order valence-electron chi connectivity index (χ1n) is 6.47. The third-order valence-corrected chi connectivity index (χ3v) is 2.99. The van der Waals surface area contributed by atoms with Crippen LogP contribution in [0.1, 0.15) is 5.56 Å². The number of carbonyl (C=O) groups is 1. The van der Waals surface area contributed by atoms with Gasteiger partial charge in [-0.2, -0.15) is 0 Å². The zero-order valence-electron chi connectivity index (χ0n) is 12.0. The highest BCUT2D eigenvalue weighted by atomic mass is 19.2. The molecule has 0 saturated heterocycles. The van der Waals surface area contributed by atoms with Crippen molar-refractivity contribution in [2.75, 3.05) is 5.32 Å². The SMILES string of the molecule is O=C(/C=C/c1ccc([N+](=O)[O-])cc1)Nc1c(F)c(F)c(F)c(F)c1F. The number of rotatable bonds is 4. The minimum atomic E-state index is -2.34. The summed E-state index contributed by atoms with van der Waals surface area (Å²) in [5, 5.41) is 12.0. The second kappa shape index (κ2) is 7.07. The molecule has 0 spiro atoms. The largest absolute Gasteiger partial charge is 0.317 e. The molecule has 0 aromatic heterocycles. The number of nitrogens with one attached hydrogen (secondary N) is 1. The fraction of sp³-hybridized carbons (Fsp3) is 0. The summed E-state index contributed by atoms with van der Waals surface area (Å²) in [4.78, 5) is 21.4. The fourth-order valence-corrected chi connectivity index (χ4v) is 1.76. The number of carbonyl (C=O) groups excluding carboxylic acids is 1. The number of hydrogen-bond donors (Lipinski definition) is 1. The molecule has 2 aromatic carbocycles. The van der Waals surface area contributed by atoms with Gasteiger partial charge in [-0.3, -0.25) is 14.9 Å². The Bertz CT molecular complexity index is 853. The first-order chi connectivity index (χ1) is 11.7. The van der Waals surface area contributed by atoms with Crippen molar-refractivity contribution in [1.29, 1.82) is 0 Å². The zero-order chi connectivity index (χ0) is 18.7. The van der Waals surface area contributed by atoms with Crippen LogP contribution in [0.5, 0.6) is 0 Å². The van der Waals surface area contributed by atoms with Crippen molar-refractivity contribution in [2.24, 2.45) is 0 Å². The summed E-state index contributed by atoms with van der Waals surface area (Å²) in [6.07, 6.45) is 1.89. The Labute approximate surface area is 136 Å². The lowest BCUT2D eigenvalue weighted by Gasteiger charge is -2.08. The average Bonchev–Trinajstić information content (AvgIpc) is 2.60. The molecular formula is C15H7F5N2O3. The van der Waals surface area contributed by atoms with Gasteiger partial charge in [-0.25, -0.2) is 22.0 Å². The number of nitrogens with zero attached hydrogens (tertiary/aromatic N) is 1. The number of anilines is 1. The third kappa shape index (κ3) is 3.79. The van der Waals surface area contributed by atoms with Crippen molar-refractivity contribution < 1.29 is 31.7 Å². The minimum absolute atomic E-state index is 0.192. The van der Waals surface area contributed by atoms with Gasteiger partial charge in [0.2, 0.25) is 11.7 Å². The molecule has 0 saturated carbocycles. The molecule has 1 amide bonds. The summed E-state index contributed by atoms with van der Waals surface area (Å²) in [6.45, 7) is 0. The van der Waals surface area contributed by atoms with E-state index in [0.29, 0.717) is 5.56 Å². The second-order valence-electron chi connectivity index (χ2n) is 4.62. The molecule has 0 fully saturated rings. The molecule has 0 bridgehead atoms. The Morgan fingerprint density at radius 3 is 1.88 bits per heavy atom. The molecule has 2 rings (SSSR count). The van der Waals surface area contributed by atoms with Crippen LogP contribution in [0.4, 0.5) is 33.3 Å². The van der Waals surface area contributed by atoms with Crippen LogP contribution in [0.3, 0.4) is 0 Å². The monoisotopic (exact) mass is 358 g/mol. The molecule has 0 aliphatic carbocycles. The fourth-order valence-electron chi connectivity index (χ4n) is 1.76. The summed E-state index contributed by atoms with van der Waals surface area (Å²) < 4.78 is 65.8. The molecule has 130 valence electrons. The summed E-state index contributed by atoms with van der Waals surface area (Å²) in [7, 11) is 0. The van der Waals surface area contributed by atoms with E-state index in [9.17, 15) is 36.9 Å². The van der Waals surface area contributed by atoms with Crippen LogP contribution < -0.4 is 5.32 Å². The van der Waals surface area contributed by atoms with Gasteiger partial charge < -0.3 is 5.32 Å². The van der Waals surface area contributed by atoms with Crippen LogP contribution >= 0.6 is 0 Å². The maximum atomic E-state index is 13.4. The van der Waals surface area contributed by atoms with Gasteiger partial charge in [-0.1, -0.05) is 0 Å². The van der Waals surface area contributed by atoms with Crippen molar-refractivity contribution >= 4 is 23.4 Å². The lowest BCUT2D eigenvalue weighted by molar-refractivity contribution is -0.384. The number of nitro benzene ring substituents is 1. The highest BCUT2D eigenvalue weighted by Crippen LogP contribution is 2.27. The summed E-state index contributed by atoms with van der Waals surface area (Å²) in [5.74, 6) is -12.2. The third-order valence-electron chi connectivity index (χ3n) is 2.99. The number of amides is 1. The lowest BCUT2D eigenvalue weighted by Crippen LogP contribution is -2.14. The number of non-ortho nitro benzene ring substituents is 1. The summed E-state index contributed by atoms with van der Waals surface area (Å²) in [6, 6.07) is 4.89. The van der Waals surface area contributed by atoms with E-state index in [2.05, 4.69) is 0 Å². The predicted octanol–water partition coefficient (Wildman–Crippen LogP) is 3.94. The van der Waals surface area contributed by atoms with Crippen molar-refractivity contribution in [3.63, 3.8) is 0 Å². The van der Waals surface area contributed by atoms with E-state index >= 15 is 0 Å². The number of benzene rings is 2.